The molecule has 0 aliphatic carbocycles. The fourth-order valence-corrected chi connectivity index (χ4v) is 3.27. The number of nitrogens with zero attached hydrogens (tertiary/aromatic N) is 2. The van der Waals surface area contributed by atoms with Crippen LogP contribution in [0.2, 0.25) is 0 Å². The van der Waals surface area contributed by atoms with Crippen molar-refractivity contribution >= 4 is 16.0 Å². The maximum absolute atomic E-state index is 13.5. The van der Waals surface area contributed by atoms with Gasteiger partial charge in [-0.3, -0.25) is 4.79 Å². The van der Waals surface area contributed by atoms with E-state index in [1.165, 1.54) is 13.8 Å². The minimum Gasteiger partial charge on any atom is -0.480 e. The third kappa shape index (κ3) is 2.95. The third-order valence-corrected chi connectivity index (χ3v) is 4.81. The summed E-state index contributed by atoms with van der Waals surface area (Å²) in [6.07, 6.45) is 0. The molecule has 1 N–H and O–H groups in total. The summed E-state index contributed by atoms with van der Waals surface area (Å²) in [5.74, 6) is -2.27. The van der Waals surface area contributed by atoms with Crippen LogP contribution in [0, 0.1) is 17.1 Å². The standard InChI is InChI=1S/C12H13FN2O4S/c1-3-15(8(2)12(16)17)20(18,19)10-5-4-9(7-14)11(13)6-10/h4-6,8H,3H2,1-2H3,(H,16,17). The first kappa shape index (κ1) is 16.1. The second-order valence-corrected chi connectivity index (χ2v) is 5.87. The van der Waals surface area contributed by atoms with Crippen molar-refractivity contribution in [1.82, 2.24) is 4.31 Å². The first-order chi connectivity index (χ1) is 9.25. The molecule has 0 saturated carbocycles. The number of nitriles is 1. The van der Waals surface area contributed by atoms with E-state index in [1.807, 2.05) is 0 Å². The van der Waals surface area contributed by atoms with Crippen LogP contribution in [0.15, 0.2) is 23.1 Å². The van der Waals surface area contributed by atoms with Crippen LogP contribution >= 0.6 is 0 Å². The number of likely N-dealkylation sites (N-methyl/N-ethyl adjacent to an activating group) is 1. The summed E-state index contributed by atoms with van der Waals surface area (Å²) in [4.78, 5) is 10.5. The number of aliphatic carboxylic acids is 1. The Labute approximate surface area is 116 Å². The van der Waals surface area contributed by atoms with Crippen LogP contribution in [-0.2, 0) is 14.8 Å². The highest BCUT2D eigenvalue weighted by molar-refractivity contribution is 7.89. The van der Waals surface area contributed by atoms with Crippen molar-refractivity contribution in [2.45, 2.75) is 24.8 Å². The van der Waals surface area contributed by atoms with Crippen LogP contribution in [0.3, 0.4) is 0 Å². The lowest BCUT2D eigenvalue weighted by Crippen LogP contribution is -2.43. The molecular weight excluding hydrogens is 287 g/mol. The molecule has 0 bridgehead atoms. The lowest BCUT2D eigenvalue weighted by atomic mass is 10.2. The number of benzene rings is 1. The van der Waals surface area contributed by atoms with Crippen LogP contribution in [0.25, 0.3) is 0 Å². The molecule has 0 heterocycles. The average Bonchev–Trinajstić information content (AvgIpc) is 2.38. The molecule has 0 fully saturated rings. The number of sulfonamides is 1. The van der Waals surface area contributed by atoms with E-state index in [1.54, 1.807) is 6.07 Å². The number of halogens is 1. The van der Waals surface area contributed by atoms with E-state index in [2.05, 4.69) is 0 Å². The fourth-order valence-electron chi connectivity index (χ4n) is 1.66. The molecule has 20 heavy (non-hydrogen) atoms. The Kier molecular flexibility index (Phi) is 4.81. The van der Waals surface area contributed by atoms with Gasteiger partial charge >= 0.3 is 5.97 Å². The van der Waals surface area contributed by atoms with Gasteiger partial charge in [-0.25, -0.2) is 12.8 Å². The molecule has 1 unspecified atom stereocenters. The van der Waals surface area contributed by atoms with Crippen molar-refractivity contribution in [3.8, 4) is 6.07 Å². The minimum absolute atomic E-state index is 0.0720. The molecule has 0 saturated heterocycles. The van der Waals surface area contributed by atoms with Gasteiger partial charge in [-0.2, -0.15) is 9.57 Å². The molecule has 1 rings (SSSR count). The van der Waals surface area contributed by atoms with Gasteiger partial charge in [0, 0.05) is 6.54 Å². The lowest BCUT2D eigenvalue weighted by molar-refractivity contribution is -0.140. The third-order valence-electron chi connectivity index (χ3n) is 2.77. The topological polar surface area (TPSA) is 98.5 Å². The summed E-state index contributed by atoms with van der Waals surface area (Å²) >= 11 is 0. The molecule has 0 radical (unpaired) electrons. The number of hydrogen-bond donors (Lipinski definition) is 1. The van der Waals surface area contributed by atoms with Crippen molar-refractivity contribution in [3.63, 3.8) is 0 Å². The molecule has 0 aliphatic heterocycles. The number of carbonyl (C=O) groups is 1. The molecular formula is C12H13FN2O4S. The van der Waals surface area contributed by atoms with Gasteiger partial charge in [0.05, 0.1) is 10.5 Å². The SMILES string of the molecule is CCN(C(C)C(=O)O)S(=O)(=O)c1ccc(C#N)c(F)c1. The summed E-state index contributed by atoms with van der Waals surface area (Å²) in [5.41, 5.74) is -0.279. The Balaban J connectivity index is 3.32. The highest BCUT2D eigenvalue weighted by Crippen LogP contribution is 2.20. The molecule has 0 spiro atoms. The second-order valence-electron chi connectivity index (χ2n) is 3.98. The minimum atomic E-state index is -4.14. The van der Waals surface area contributed by atoms with Gasteiger partial charge in [0.15, 0.2) is 0 Å². The molecule has 8 heteroatoms. The van der Waals surface area contributed by atoms with Crippen molar-refractivity contribution in [2.75, 3.05) is 6.54 Å². The number of hydrogen-bond acceptors (Lipinski definition) is 4. The van der Waals surface area contributed by atoms with Crippen LogP contribution in [0.5, 0.6) is 0 Å². The van der Waals surface area contributed by atoms with Gasteiger partial charge in [0.2, 0.25) is 10.0 Å². The molecule has 1 atom stereocenters. The van der Waals surface area contributed by atoms with E-state index >= 15 is 0 Å². The number of carboxylic acid groups (broad SMARTS) is 1. The van der Waals surface area contributed by atoms with Crippen molar-refractivity contribution in [1.29, 1.82) is 5.26 Å². The Morgan fingerprint density at radius 1 is 1.55 bits per heavy atom. The predicted octanol–water partition coefficient (Wildman–Crippen LogP) is 1.18. The van der Waals surface area contributed by atoms with E-state index in [0.717, 1.165) is 16.4 Å². The van der Waals surface area contributed by atoms with E-state index in [9.17, 15) is 17.6 Å². The summed E-state index contributed by atoms with van der Waals surface area (Å²) in [6.45, 7) is 2.64. The maximum atomic E-state index is 13.5. The quantitative estimate of drug-likeness (QED) is 0.880. The normalized spacial score (nSPS) is 12.9. The van der Waals surface area contributed by atoms with Crippen molar-refractivity contribution in [2.24, 2.45) is 0 Å². The van der Waals surface area contributed by atoms with E-state index in [4.69, 9.17) is 10.4 Å². The molecule has 1 aromatic carbocycles. The molecule has 0 amide bonds. The zero-order valence-electron chi connectivity index (χ0n) is 10.9. The first-order valence-corrected chi connectivity index (χ1v) is 7.14. The Morgan fingerprint density at radius 2 is 2.15 bits per heavy atom. The zero-order valence-corrected chi connectivity index (χ0v) is 11.7. The van der Waals surface area contributed by atoms with Gasteiger partial charge in [-0.05, 0) is 25.1 Å². The van der Waals surface area contributed by atoms with Gasteiger partial charge in [-0.1, -0.05) is 6.92 Å². The van der Waals surface area contributed by atoms with Crippen LogP contribution in [-0.4, -0.2) is 36.4 Å². The second kappa shape index (κ2) is 5.98. The van der Waals surface area contributed by atoms with Crippen molar-refractivity contribution in [3.05, 3.63) is 29.6 Å². The van der Waals surface area contributed by atoms with Gasteiger partial charge < -0.3 is 5.11 Å². The van der Waals surface area contributed by atoms with Crippen molar-refractivity contribution < 1.29 is 22.7 Å². The first-order valence-electron chi connectivity index (χ1n) is 5.70. The Morgan fingerprint density at radius 3 is 2.55 bits per heavy atom. The Hall–Kier alpha value is -1.98. The van der Waals surface area contributed by atoms with E-state index < -0.39 is 27.9 Å². The van der Waals surface area contributed by atoms with E-state index in [-0.39, 0.29) is 17.0 Å². The Bertz CT molecular complexity index is 667. The largest absolute Gasteiger partial charge is 0.480 e. The van der Waals surface area contributed by atoms with E-state index in [0.29, 0.717) is 6.07 Å². The monoisotopic (exact) mass is 300 g/mol. The molecule has 6 nitrogen and oxygen atoms in total. The molecule has 1 aromatic rings. The van der Waals surface area contributed by atoms with Gasteiger partial charge in [0.1, 0.15) is 17.9 Å². The summed E-state index contributed by atoms with van der Waals surface area (Å²) in [6, 6.07) is 3.14. The van der Waals surface area contributed by atoms with Crippen LogP contribution in [0.4, 0.5) is 4.39 Å². The van der Waals surface area contributed by atoms with Crippen LogP contribution in [0.1, 0.15) is 19.4 Å². The highest BCUT2D eigenvalue weighted by atomic mass is 32.2. The summed E-state index contributed by atoms with van der Waals surface area (Å²) in [5, 5.41) is 17.5. The molecule has 108 valence electrons. The fraction of sp³-hybridized carbons (Fsp3) is 0.333. The molecule has 0 aromatic heterocycles. The summed E-state index contributed by atoms with van der Waals surface area (Å²) < 4.78 is 38.8. The summed E-state index contributed by atoms with van der Waals surface area (Å²) in [7, 11) is -4.14. The van der Waals surface area contributed by atoms with Crippen LogP contribution < -0.4 is 0 Å². The van der Waals surface area contributed by atoms with Gasteiger partial charge in [0.25, 0.3) is 0 Å². The predicted molar refractivity (Wildman–Crippen MR) is 67.8 cm³/mol. The zero-order chi connectivity index (χ0) is 15.5. The maximum Gasteiger partial charge on any atom is 0.321 e. The van der Waals surface area contributed by atoms with Gasteiger partial charge in [-0.15, -0.1) is 0 Å². The number of rotatable bonds is 5. The molecule has 0 aliphatic rings. The number of carboxylic acids is 1. The highest BCUT2D eigenvalue weighted by Gasteiger charge is 2.32. The lowest BCUT2D eigenvalue weighted by Gasteiger charge is -2.24. The average molecular weight is 300 g/mol. The smallest absolute Gasteiger partial charge is 0.321 e.